The number of benzene rings is 2. The van der Waals surface area contributed by atoms with E-state index in [0.717, 1.165) is 12.1 Å². The number of hydrogen-bond donors (Lipinski definition) is 1. The van der Waals surface area contributed by atoms with Gasteiger partial charge in [-0.25, -0.2) is 4.39 Å². The molecule has 1 aliphatic heterocycles. The molecular weight excluding hydrogens is 273 g/mol. The van der Waals surface area contributed by atoms with Gasteiger partial charge >= 0.3 is 0 Å². The molecule has 0 radical (unpaired) electrons. The lowest BCUT2D eigenvalue weighted by Crippen LogP contribution is -2.13. The quantitative estimate of drug-likeness (QED) is 0.732. The van der Waals surface area contributed by atoms with E-state index in [1.165, 1.54) is 34.5 Å². The third-order valence-electron chi connectivity index (χ3n) is 4.21. The van der Waals surface area contributed by atoms with E-state index < -0.39 is 0 Å². The van der Waals surface area contributed by atoms with Gasteiger partial charge in [0.05, 0.1) is 0 Å². The molecule has 0 aromatic heterocycles. The Morgan fingerprint density at radius 1 is 1.18 bits per heavy atom. The van der Waals surface area contributed by atoms with Gasteiger partial charge in [-0.3, -0.25) is 0 Å². The highest BCUT2D eigenvalue weighted by Crippen LogP contribution is 2.35. The second-order valence-electron chi connectivity index (χ2n) is 5.65. The van der Waals surface area contributed by atoms with Crippen molar-refractivity contribution in [1.29, 1.82) is 0 Å². The molecule has 1 N–H and O–H groups in total. The number of rotatable bonds is 4. The van der Waals surface area contributed by atoms with Crippen LogP contribution >= 0.6 is 0 Å². The Balaban J connectivity index is 1.98. The minimum Gasteiger partial charge on any atom is -0.381 e. The summed E-state index contributed by atoms with van der Waals surface area (Å²) >= 11 is 0. The number of nitrogens with one attached hydrogen (secondary N) is 1. The van der Waals surface area contributed by atoms with Crippen LogP contribution in [0.1, 0.15) is 36.5 Å². The van der Waals surface area contributed by atoms with E-state index in [1.54, 1.807) is 0 Å². The van der Waals surface area contributed by atoms with E-state index in [9.17, 15) is 4.39 Å². The summed E-state index contributed by atoms with van der Waals surface area (Å²) in [7, 11) is 0. The van der Waals surface area contributed by atoms with Crippen LogP contribution in [-0.4, -0.2) is 0 Å². The average Bonchev–Trinajstić information content (AvgIpc) is 2.50. The Hall–Kier alpha value is -2.35. The number of anilines is 1. The first-order valence-electron chi connectivity index (χ1n) is 7.64. The minimum absolute atomic E-state index is 0.193. The zero-order chi connectivity index (χ0) is 15.5. The maximum Gasteiger partial charge on any atom is 0.123 e. The van der Waals surface area contributed by atoms with Gasteiger partial charge in [-0.1, -0.05) is 43.4 Å². The molecule has 2 aromatic carbocycles. The third-order valence-corrected chi connectivity index (χ3v) is 4.21. The summed E-state index contributed by atoms with van der Waals surface area (Å²) in [5, 5.41) is 3.29. The van der Waals surface area contributed by atoms with Gasteiger partial charge in [0.1, 0.15) is 5.82 Å². The zero-order valence-corrected chi connectivity index (χ0v) is 12.9. The van der Waals surface area contributed by atoms with E-state index in [-0.39, 0.29) is 11.7 Å². The van der Waals surface area contributed by atoms with Crippen molar-refractivity contribution in [3.8, 4) is 0 Å². The molecule has 1 atom stereocenters. The number of fused-ring (bicyclic) bond motifs is 1. The summed E-state index contributed by atoms with van der Waals surface area (Å²) in [4.78, 5) is 0. The van der Waals surface area contributed by atoms with Gasteiger partial charge in [-0.15, -0.1) is 0 Å². The van der Waals surface area contributed by atoms with E-state index in [1.807, 2.05) is 25.1 Å². The molecule has 1 unspecified atom stereocenters. The van der Waals surface area contributed by atoms with Gasteiger partial charge in [-0.05, 0) is 53.5 Å². The van der Waals surface area contributed by atoms with E-state index in [0.29, 0.717) is 0 Å². The molecular formula is C20H20FN. The molecule has 0 aliphatic carbocycles. The minimum atomic E-state index is -0.193. The van der Waals surface area contributed by atoms with Crippen molar-refractivity contribution < 1.29 is 4.39 Å². The molecule has 0 bridgehead atoms. The predicted molar refractivity (Wildman–Crippen MR) is 91.4 cm³/mol. The van der Waals surface area contributed by atoms with Crippen LogP contribution < -0.4 is 5.32 Å². The van der Waals surface area contributed by atoms with E-state index in [2.05, 4.69) is 42.6 Å². The molecule has 1 nitrogen and oxygen atoms in total. The first-order chi connectivity index (χ1) is 10.7. The van der Waals surface area contributed by atoms with Crippen LogP contribution in [0.15, 0.2) is 60.7 Å². The van der Waals surface area contributed by atoms with Crippen LogP contribution in [0.4, 0.5) is 10.1 Å². The summed E-state index contributed by atoms with van der Waals surface area (Å²) < 4.78 is 13.1. The maximum atomic E-state index is 13.1. The lowest BCUT2D eigenvalue weighted by molar-refractivity contribution is 0.627. The van der Waals surface area contributed by atoms with Crippen LogP contribution in [0.25, 0.3) is 5.57 Å². The van der Waals surface area contributed by atoms with Gasteiger partial charge in [0.25, 0.3) is 0 Å². The fourth-order valence-corrected chi connectivity index (χ4v) is 2.80. The normalized spacial score (nSPS) is 15.1. The largest absolute Gasteiger partial charge is 0.381 e. The first-order valence-corrected chi connectivity index (χ1v) is 7.64. The van der Waals surface area contributed by atoms with Gasteiger partial charge in [-0.2, -0.15) is 0 Å². The fourth-order valence-electron chi connectivity index (χ4n) is 2.80. The summed E-state index contributed by atoms with van der Waals surface area (Å²) in [6.07, 6.45) is 6.24. The van der Waals surface area contributed by atoms with Crippen LogP contribution in [0, 0.1) is 5.82 Å². The van der Waals surface area contributed by atoms with E-state index in [4.69, 9.17) is 0 Å². The second-order valence-corrected chi connectivity index (χ2v) is 5.65. The highest BCUT2D eigenvalue weighted by molar-refractivity contribution is 5.76. The molecule has 1 heterocycles. The zero-order valence-electron chi connectivity index (χ0n) is 12.9. The Morgan fingerprint density at radius 2 is 1.95 bits per heavy atom. The summed E-state index contributed by atoms with van der Waals surface area (Å²) in [5.74, 6) is 0.0185. The maximum absolute atomic E-state index is 13.1. The van der Waals surface area contributed by atoms with Crippen LogP contribution in [0.3, 0.4) is 0 Å². The highest BCUT2D eigenvalue weighted by atomic mass is 19.1. The molecule has 0 fully saturated rings. The number of allylic oxidation sites excluding steroid dienone is 4. The molecule has 0 amide bonds. The van der Waals surface area contributed by atoms with Gasteiger partial charge in [0, 0.05) is 18.2 Å². The van der Waals surface area contributed by atoms with Crippen molar-refractivity contribution in [3.63, 3.8) is 0 Å². The Kier molecular flexibility index (Phi) is 4.10. The van der Waals surface area contributed by atoms with Gasteiger partial charge < -0.3 is 5.32 Å². The predicted octanol–water partition coefficient (Wildman–Crippen LogP) is 5.51. The number of halogens is 1. The standard InChI is InChI=1S/C20H20FN/c1-3-4-5-19(14(2)15-6-9-18(21)10-7-15)16-8-11-20-17(12-16)13-22-20/h3-12,14,22H,13H2,1-2H3/b4-3-,19-5+. The molecule has 22 heavy (non-hydrogen) atoms. The topological polar surface area (TPSA) is 12.0 Å². The Bertz CT molecular complexity index is 726. The van der Waals surface area contributed by atoms with Crippen molar-refractivity contribution in [3.05, 3.63) is 83.2 Å². The molecule has 112 valence electrons. The van der Waals surface area contributed by atoms with Crippen LogP contribution in [0.2, 0.25) is 0 Å². The van der Waals surface area contributed by atoms with E-state index >= 15 is 0 Å². The second kappa shape index (κ2) is 6.18. The van der Waals surface area contributed by atoms with Crippen molar-refractivity contribution in [1.82, 2.24) is 0 Å². The first kappa shape index (κ1) is 14.6. The highest BCUT2D eigenvalue weighted by Gasteiger charge is 2.17. The molecule has 2 heteroatoms. The summed E-state index contributed by atoms with van der Waals surface area (Å²) in [5.41, 5.74) is 6.19. The van der Waals surface area contributed by atoms with Crippen molar-refractivity contribution in [2.75, 3.05) is 5.32 Å². The molecule has 0 spiro atoms. The molecule has 1 aliphatic rings. The Morgan fingerprint density at radius 3 is 2.55 bits per heavy atom. The van der Waals surface area contributed by atoms with Crippen molar-refractivity contribution in [2.24, 2.45) is 0 Å². The smallest absolute Gasteiger partial charge is 0.123 e. The van der Waals surface area contributed by atoms with Crippen molar-refractivity contribution in [2.45, 2.75) is 26.3 Å². The lowest BCUT2D eigenvalue weighted by atomic mass is 9.86. The SMILES string of the molecule is C/C=C\C=C(\c1ccc2c(c1)CN2)C(C)c1ccc(F)cc1. The summed E-state index contributed by atoms with van der Waals surface area (Å²) in [6, 6.07) is 13.3. The number of hydrogen-bond acceptors (Lipinski definition) is 1. The Labute approximate surface area is 131 Å². The average molecular weight is 293 g/mol. The molecule has 2 aromatic rings. The van der Waals surface area contributed by atoms with Crippen LogP contribution in [-0.2, 0) is 6.54 Å². The fraction of sp³-hybridized carbons (Fsp3) is 0.200. The lowest BCUT2D eigenvalue weighted by Gasteiger charge is -2.24. The van der Waals surface area contributed by atoms with Crippen molar-refractivity contribution >= 4 is 11.3 Å². The third kappa shape index (κ3) is 2.82. The van der Waals surface area contributed by atoms with Crippen LogP contribution in [0.5, 0.6) is 0 Å². The molecule has 3 rings (SSSR count). The van der Waals surface area contributed by atoms with Gasteiger partial charge in [0.2, 0.25) is 0 Å². The van der Waals surface area contributed by atoms with Gasteiger partial charge in [0.15, 0.2) is 0 Å². The monoisotopic (exact) mass is 293 g/mol. The molecule has 0 saturated heterocycles. The summed E-state index contributed by atoms with van der Waals surface area (Å²) in [6.45, 7) is 5.11. The molecule has 0 saturated carbocycles.